The minimum absolute atomic E-state index is 0.193. The number of likely N-dealkylation sites (tertiary alicyclic amines) is 1. The van der Waals surface area contributed by atoms with Gasteiger partial charge in [-0.1, -0.05) is 6.07 Å². The summed E-state index contributed by atoms with van der Waals surface area (Å²) in [7, 11) is 0. The Balaban J connectivity index is 1.49. The molecule has 1 atom stereocenters. The molecule has 2 aliphatic heterocycles. The van der Waals surface area contributed by atoms with Gasteiger partial charge >= 0.3 is 0 Å². The van der Waals surface area contributed by atoms with Gasteiger partial charge in [0.25, 0.3) is 0 Å². The van der Waals surface area contributed by atoms with Crippen molar-refractivity contribution in [2.24, 2.45) is 5.41 Å². The van der Waals surface area contributed by atoms with E-state index in [1.165, 1.54) is 6.07 Å². The summed E-state index contributed by atoms with van der Waals surface area (Å²) < 4.78 is 13.6. The van der Waals surface area contributed by atoms with Gasteiger partial charge in [0.05, 0.1) is 11.5 Å². The molecule has 0 radical (unpaired) electrons. The number of hydrogen-bond donors (Lipinski definition) is 1. The van der Waals surface area contributed by atoms with E-state index < -0.39 is 0 Å². The SMILES string of the molecule is O=C1N([C@H]2CC[C@H](O)CC2)CC[C@]12CCCN(c1cccc(F)c1)C2. The highest BCUT2D eigenvalue weighted by Crippen LogP contribution is 2.43. The van der Waals surface area contributed by atoms with E-state index >= 15 is 0 Å². The number of aliphatic hydroxyl groups excluding tert-OH is 1. The highest BCUT2D eigenvalue weighted by molar-refractivity contribution is 5.86. The molecule has 136 valence electrons. The predicted octanol–water partition coefficient (Wildman–Crippen LogP) is 2.95. The number of amides is 1. The van der Waals surface area contributed by atoms with E-state index in [2.05, 4.69) is 9.80 Å². The second kappa shape index (κ2) is 6.60. The van der Waals surface area contributed by atoms with Gasteiger partial charge in [-0.3, -0.25) is 4.79 Å². The molecule has 2 saturated heterocycles. The van der Waals surface area contributed by atoms with Crippen LogP contribution in [0.15, 0.2) is 24.3 Å². The minimum Gasteiger partial charge on any atom is -0.393 e. The zero-order valence-electron chi connectivity index (χ0n) is 14.7. The summed E-state index contributed by atoms with van der Waals surface area (Å²) in [6.45, 7) is 2.41. The van der Waals surface area contributed by atoms with Crippen LogP contribution in [0.3, 0.4) is 0 Å². The van der Waals surface area contributed by atoms with Crippen LogP contribution in [-0.4, -0.2) is 47.7 Å². The van der Waals surface area contributed by atoms with Gasteiger partial charge in [0.2, 0.25) is 5.91 Å². The van der Waals surface area contributed by atoms with Gasteiger partial charge in [-0.15, -0.1) is 0 Å². The maximum Gasteiger partial charge on any atom is 0.230 e. The predicted molar refractivity (Wildman–Crippen MR) is 94.9 cm³/mol. The molecule has 1 amide bonds. The lowest BCUT2D eigenvalue weighted by molar-refractivity contribution is -0.139. The molecule has 1 saturated carbocycles. The Kier molecular flexibility index (Phi) is 4.44. The van der Waals surface area contributed by atoms with Gasteiger partial charge in [0.15, 0.2) is 0 Å². The summed E-state index contributed by atoms with van der Waals surface area (Å²) in [6.07, 6.45) is 6.04. The normalized spacial score (nSPS) is 33.3. The van der Waals surface area contributed by atoms with Crippen molar-refractivity contribution >= 4 is 11.6 Å². The largest absolute Gasteiger partial charge is 0.393 e. The molecule has 1 aliphatic carbocycles. The highest BCUT2D eigenvalue weighted by Gasteiger charge is 2.50. The maximum atomic E-state index is 13.6. The molecule has 1 aromatic carbocycles. The van der Waals surface area contributed by atoms with Crippen LogP contribution in [0.2, 0.25) is 0 Å². The lowest BCUT2D eigenvalue weighted by atomic mass is 9.78. The standard InChI is InChI=1S/C20H27FN2O2/c21-15-3-1-4-17(13-15)22-11-2-9-20(14-22)10-12-23(19(20)25)16-5-7-18(24)8-6-16/h1,3-4,13,16,18,24H,2,5-12,14H2/t16-,18-,20-/m0/s1. The molecule has 0 bridgehead atoms. The first-order valence-corrected chi connectivity index (χ1v) is 9.57. The van der Waals surface area contributed by atoms with Crippen LogP contribution in [-0.2, 0) is 4.79 Å². The van der Waals surface area contributed by atoms with Crippen LogP contribution in [0.1, 0.15) is 44.9 Å². The number of anilines is 1. The monoisotopic (exact) mass is 346 g/mol. The molecule has 2 heterocycles. The van der Waals surface area contributed by atoms with Gasteiger partial charge in [0.1, 0.15) is 5.82 Å². The number of rotatable bonds is 2. The Labute approximate surface area is 148 Å². The first-order chi connectivity index (χ1) is 12.1. The van der Waals surface area contributed by atoms with E-state index in [9.17, 15) is 14.3 Å². The lowest BCUT2D eigenvalue weighted by Gasteiger charge is -2.41. The molecule has 4 rings (SSSR count). The summed E-state index contributed by atoms with van der Waals surface area (Å²) in [6, 6.07) is 6.99. The van der Waals surface area contributed by atoms with Crippen molar-refractivity contribution in [2.75, 3.05) is 24.5 Å². The van der Waals surface area contributed by atoms with Crippen LogP contribution in [0.5, 0.6) is 0 Å². The lowest BCUT2D eigenvalue weighted by Crippen LogP contribution is -2.50. The number of piperidine rings is 1. The van der Waals surface area contributed by atoms with Crippen LogP contribution >= 0.6 is 0 Å². The summed E-state index contributed by atoms with van der Waals surface area (Å²) in [5, 5.41) is 9.72. The Morgan fingerprint density at radius 3 is 2.68 bits per heavy atom. The van der Waals surface area contributed by atoms with Crippen molar-refractivity contribution in [2.45, 2.75) is 57.1 Å². The van der Waals surface area contributed by atoms with Crippen molar-refractivity contribution in [1.29, 1.82) is 0 Å². The minimum atomic E-state index is -0.305. The van der Waals surface area contributed by atoms with Crippen LogP contribution in [0.4, 0.5) is 10.1 Å². The van der Waals surface area contributed by atoms with E-state index in [1.54, 1.807) is 12.1 Å². The molecule has 1 aromatic rings. The second-order valence-corrected chi connectivity index (χ2v) is 8.00. The van der Waals surface area contributed by atoms with Gasteiger partial charge in [0, 0.05) is 31.4 Å². The molecular weight excluding hydrogens is 319 g/mol. The van der Waals surface area contributed by atoms with E-state index in [4.69, 9.17) is 0 Å². The molecule has 3 fully saturated rings. The van der Waals surface area contributed by atoms with Gasteiger partial charge in [-0.2, -0.15) is 0 Å². The average Bonchev–Trinajstić information content (AvgIpc) is 2.92. The topological polar surface area (TPSA) is 43.8 Å². The van der Waals surface area contributed by atoms with E-state index in [0.717, 1.165) is 63.7 Å². The van der Waals surface area contributed by atoms with E-state index in [1.807, 2.05) is 6.07 Å². The van der Waals surface area contributed by atoms with Crippen molar-refractivity contribution < 1.29 is 14.3 Å². The summed E-state index contributed by atoms with van der Waals surface area (Å²) in [5.41, 5.74) is 0.576. The molecule has 0 aromatic heterocycles. The number of nitrogens with zero attached hydrogens (tertiary/aromatic N) is 2. The maximum absolute atomic E-state index is 13.6. The number of aliphatic hydroxyl groups is 1. The molecule has 1 spiro atoms. The fourth-order valence-electron chi connectivity index (χ4n) is 4.97. The molecule has 1 N–H and O–H groups in total. The van der Waals surface area contributed by atoms with E-state index in [0.29, 0.717) is 12.6 Å². The van der Waals surface area contributed by atoms with Gasteiger partial charge < -0.3 is 14.9 Å². The third-order valence-electron chi connectivity index (χ3n) is 6.40. The Hall–Kier alpha value is -1.62. The molecule has 25 heavy (non-hydrogen) atoms. The van der Waals surface area contributed by atoms with Crippen molar-refractivity contribution in [3.63, 3.8) is 0 Å². The Morgan fingerprint density at radius 2 is 1.92 bits per heavy atom. The van der Waals surface area contributed by atoms with Crippen LogP contribution < -0.4 is 4.90 Å². The zero-order chi connectivity index (χ0) is 17.4. The highest BCUT2D eigenvalue weighted by atomic mass is 19.1. The fourth-order valence-corrected chi connectivity index (χ4v) is 4.97. The molecule has 3 aliphatic rings. The third kappa shape index (κ3) is 3.14. The molecule has 5 heteroatoms. The van der Waals surface area contributed by atoms with E-state index in [-0.39, 0.29) is 23.2 Å². The Morgan fingerprint density at radius 1 is 1.12 bits per heavy atom. The third-order valence-corrected chi connectivity index (χ3v) is 6.40. The van der Waals surface area contributed by atoms with Gasteiger partial charge in [-0.05, 0) is 63.1 Å². The van der Waals surface area contributed by atoms with Gasteiger partial charge in [-0.25, -0.2) is 4.39 Å². The number of halogens is 1. The quantitative estimate of drug-likeness (QED) is 0.895. The van der Waals surface area contributed by atoms with Crippen molar-refractivity contribution in [3.05, 3.63) is 30.1 Å². The second-order valence-electron chi connectivity index (χ2n) is 8.00. The average molecular weight is 346 g/mol. The van der Waals surface area contributed by atoms with Crippen LogP contribution in [0.25, 0.3) is 0 Å². The fraction of sp³-hybridized carbons (Fsp3) is 0.650. The first-order valence-electron chi connectivity index (χ1n) is 9.57. The van der Waals surface area contributed by atoms with Crippen LogP contribution in [0, 0.1) is 11.2 Å². The smallest absolute Gasteiger partial charge is 0.230 e. The molecule has 4 nitrogen and oxygen atoms in total. The van der Waals surface area contributed by atoms with Crippen molar-refractivity contribution in [3.8, 4) is 0 Å². The number of benzene rings is 1. The number of carbonyl (C=O) groups excluding carboxylic acids is 1. The molecule has 0 unspecified atom stereocenters. The Bertz CT molecular complexity index is 644. The zero-order valence-corrected chi connectivity index (χ0v) is 14.7. The number of hydrogen-bond acceptors (Lipinski definition) is 3. The first kappa shape index (κ1) is 16.8. The summed E-state index contributed by atoms with van der Waals surface area (Å²) in [4.78, 5) is 17.5. The van der Waals surface area contributed by atoms with Crippen molar-refractivity contribution in [1.82, 2.24) is 4.90 Å². The summed E-state index contributed by atoms with van der Waals surface area (Å²) in [5.74, 6) is 0.0623. The summed E-state index contributed by atoms with van der Waals surface area (Å²) >= 11 is 0. The number of carbonyl (C=O) groups is 1. The molecular formula is C20H27FN2O2.